The number of hydrazone groups is 1. The summed E-state index contributed by atoms with van der Waals surface area (Å²) in [7, 11) is -4.52. The maximum Gasteiger partial charge on any atom is 0.416 e. The molecule has 0 aromatic heterocycles. The number of ether oxygens (including phenoxy) is 1. The number of nitrogens with zero attached hydrogens (tertiary/aromatic N) is 2. The van der Waals surface area contributed by atoms with Crippen LogP contribution < -0.4 is 19.8 Å². The van der Waals surface area contributed by atoms with Crippen LogP contribution in [-0.2, 0) is 25.8 Å². The molecule has 4 aromatic rings. The molecule has 0 fully saturated rings. The second kappa shape index (κ2) is 14.9. The number of halogens is 4. The standard InChI is InChI=1S/C32H28ClF3N4O5S/c1-22(24-8-4-2-5-9-24)38-31(42)21-45-26-15-12-23(13-16-26)19-37-39-30(41)20-40(46(43,44)27-10-6-3-7-11-27)29-18-25(32(34,35)36)14-17-28(29)33/h2-19,22H,20-21H2,1H3,(H,38,42)(H,39,41)/t22-/m1/s1. The average molecular weight is 673 g/mol. The Hall–Kier alpha value is -4.88. The van der Waals surface area contributed by atoms with E-state index in [1.165, 1.54) is 30.5 Å². The molecule has 2 amide bonds. The zero-order chi connectivity index (χ0) is 33.3. The Morgan fingerprint density at radius 1 is 0.935 bits per heavy atom. The molecular formula is C32H28ClF3N4O5S. The fourth-order valence-corrected chi connectivity index (χ4v) is 5.87. The van der Waals surface area contributed by atoms with E-state index < -0.39 is 39.9 Å². The van der Waals surface area contributed by atoms with Gasteiger partial charge in [0.25, 0.3) is 21.8 Å². The van der Waals surface area contributed by atoms with E-state index in [0.29, 0.717) is 27.8 Å². The highest BCUT2D eigenvalue weighted by Gasteiger charge is 2.34. The smallest absolute Gasteiger partial charge is 0.416 e. The number of nitrogens with one attached hydrogen (secondary N) is 2. The number of amides is 2. The van der Waals surface area contributed by atoms with Crippen molar-refractivity contribution in [3.05, 3.63) is 125 Å². The monoisotopic (exact) mass is 672 g/mol. The molecule has 0 aliphatic rings. The first kappa shape index (κ1) is 34.0. The van der Waals surface area contributed by atoms with Gasteiger partial charge in [-0.3, -0.25) is 13.9 Å². The van der Waals surface area contributed by atoms with Crippen LogP contribution in [0.15, 0.2) is 113 Å². The van der Waals surface area contributed by atoms with Gasteiger partial charge in [0.2, 0.25) is 0 Å². The second-order valence-electron chi connectivity index (χ2n) is 9.84. The SMILES string of the molecule is C[C@@H](NC(=O)COc1ccc(C=NNC(=O)CN(c2cc(C(F)(F)F)ccc2Cl)S(=O)(=O)c2ccccc2)cc1)c1ccccc1. The highest BCUT2D eigenvalue weighted by molar-refractivity contribution is 7.92. The summed E-state index contributed by atoms with van der Waals surface area (Å²) < 4.78 is 73.3. The number of sulfonamides is 1. The van der Waals surface area contributed by atoms with Gasteiger partial charge in [-0.2, -0.15) is 18.3 Å². The minimum atomic E-state index is -4.79. The number of carbonyl (C=O) groups is 2. The average Bonchev–Trinajstić information content (AvgIpc) is 3.04. The summed E-state index contributed by atoms with van der Waals surface area (Å²) in [5.74, 6) is -0.845. The van der Waals surface area contributed by atoms with Gasteiger partial charge in [-0.25, -0.2) is 13.8 Å². The fraction of sp³-hybridized carbons (Fsp3) is 0.156. The number of anilines is 1. The molecule has 0 bridgehead atoms. The Labute approximate surface area is 268 Å². The number of carbonyl (C=O) groups excluding carboxylic acids is 2. The third-order valence-corrected chi connectivity index (χ3v) is 8.58. The lowest BCUT2D eigenvalue weighted by Gasteiger charge is -2.25. The van der Waals surface area contributed by atoms with Crippen LogP contribution in [0.5, 0.6) is 5.75 Å². The highest BCUT2D eigenvalue weighted by Crippen LogP contribution is 2.37. The van der Waals surface area contributed by atoms with Gasteiger partial charge in [-0.05, 0) is 72.6 Å². The van der Waals surface area contributed by atoms with Crippen molar-refractivity contribution in [1.82, 2.24) is 10.7 Å². The summed E-state index contributed by atoms with van der Waals surface area (Å²) >= 11 is 6.14. The van der Waals surface area contributed by atoms with Crippen LogP contribution in [-0.4, -0.2) is 39.6 Å². The molecule has 1 atom stereocenters. The normalized spacial score (nSPS) is 12.4. The van der Waals surface area contributed by atoms with E-state index in [1.54, 1.807) is 30.3 Å². The van der Waals surface area contributed by atoms with Crippen molar-refractivity contribution in [2.45, 2.75) is 24.0 Å². The van der Waals surface area contributed by atoms with E-state index in [9.17, 15) is 31.2 Å². The lowest BCUT2D eigenvalue weighted by atomic mass is 10.1. The van der Waals surface area contributed by atoms with E-state index in [1.807, 2.05) is 37.3 Å². The Kier molecular flexibility index (Phi) is 11.0. The molecular weight excluding hydrogens is 645 g/mol. The number of hydrogen-bond donors (Lipinski definition) is 2. The molecule has 0 saturated carbocycles. The maximum atomic E-state index is 13.5. The van der Waals surface area contributed by atoms with E-state index in [4.69, 9.17) is 16.3 Å². The Bertz CT molecular complexity index is 1790. The summed E-state index contributed by atoms with van der Waals surface area (Å²) in [5.41, 5.74) is 1.98. The molecule has 2 N–H and O–H groups in total. The van der Waals surface area contributed by atoms with Crippen LogP contribution in [0.25, 0.3) is 0 Å². The van der Waals surface area contributed by atoms with E-state index >= 15 is 0 Å². The Morgan fingerprint density at radius 2 is 1.57 bits per heavy atom. The first-order valence-corrected chi connectivity index (χ1v) is 15.5. The molecule has 0 aliphatic heterocycles. The fourth-order valence-electron chi connectivity index (χ4n) is 4.15. The molecule has 46 heavy (non-hydrogen) atoms. The van der Waals surface area contributed by atoms with Gasteiger partial charge in [0.05, 0.1) is 33.4 Å². The van der Waals surface area contributed by atoms with Gasteiger partial charge in [0.1, 0.15) is 12.3 Å². The van der Waals surface area contributed by atoms with Gasteiger partial charge >= 0.3 is 6.18 Å². The van der Waals surface area contributed by atoms with Crippen molar-refractivity contribution in [2.24, 2.45) is 5.10 Å². The van der Waals surface area contributed by atoms with Gasteiger partial charge in [-0.15, -0.1) is 0 Å². The van der Waals surface area contributed by atoms with Crippen LogP contribution in [0.1, 0.15) is 29.7 Å². The molecule has 240 valence electrons. The van der Waals surface area contributed by atoms with E-state index in [0.717, 1.165) is 11.6 Å². The molecule has 0 heterocycles. The first-order valence-electron chi connectivity index (χ1n) is 13.7. The van der Waals surface area contributed by atoms with Crippen LogP contribution in [0, 0.1) is 0 Å². The molecule has 4 rings (SSSR count). The number of benzene rings is 4. The number of alkyl halides is 3. The molecule has 4 aromatic carbocycles. The highest BCUT2D eigenvalue weighted by atomic mass is 35.5. The van der Waals surface area contributed by atoms with Gasteiger partial charge in [0, 0.05) is 0 Å². The van der Waals surface area contributed by atoms with E-state index in [-0.39, 0.29) is 28.5 Å². The summed E-state index contributed by atoms with van der Waals surface area (Å²) in [5, 5.41) is 6.36. The zero-order valence-corrected chi connectivity index (χ0v) is 25.8. The molecule has 0 aliphatic carbocycles. The molecule has 9 nitrogen and oxygen atoms in total. The predicted octanol–water partition coefficient (Wildman–Crippen LogP) is 5.96. The van der Waals surface area contributed by atoms with Crippen molar-refractivity contribution in [1.29, 1.82) is 0 Å². The van der Waals surface area contributed by atoms with Crippen molar-refractivity contribution in [3.63, 3.8) is 0 Å². The lowest BCUT2D eigenvalue weighted by Crippen LogP contribution is -2.40. The van der Waals surface area contributed by atoms with Crippen LogP contribution in [0.2, 0.25) is 5.02 Å². The summed E-state index contributed by atoms with van der Waals surface area (Å²) in [6.45, 7) is 0.729. The molecule has 0 saturated heterocycles. The quantitative estimate of drug-likeness (QED) is 0.142. The topological polar surface area (TPSA) is 117 Å². The third-order valence-electron chi connectivity index (χ3n) is 6.49. The lowest BCUT2D eigenvalue weighted by molar-refractivity contribution is -0.137. The Balaban J connectivity index is 1.39. The summed E-state index contributed by atoms with van der Waals surface area (Å²) in [6.07, 6.45) is -3.52. The van der Waals surface area contributed by atoms with Crippen LogP contribution >= 0.6 is 11.6 Å². The minimum Gasteiger partial charge on any atom is -0.484 e. The molecule has 14 heteroatoms. The van der Waals surface area contributed by atoms with Crippen molar-refractivity contribution >= 4 is 45.3 Å². The van der Waals surface area contributed by atoms with Crippen LogP contribution in [0.4, 0.5) is 18.9 Å². The summed E-state index contributed by atoms with van der Waals surface area (Å²) in [4.78, 5) is 24.8. The molecule has 0 spiro atoms. The number of hydrogen-bond acceptors (Lipinski definition) is 6. The van der Waals surface area contributed by atoms with Gasteiger partial charge < -0.3 is 10.1 Å². The van der Waals surface area contributed by atoms with E-state index in [2.05, 4.69) is 15.8 Å². The van der Waals surface area contributed by atoms with Gasteiger partial charge in [-0.1, -0.05) is 60.1 Å². The first-order chi connectivity index (χ1) is 21.8. The largest absolute Gasteiger partial charge is 0.484 e. The summed E-state index contributed by atoms with van der Waals surface area (Å²) in [6, 6.07) is 24.7. The maximum absolute atomic E-state index is 13.5. The zero-order valence-electron chi connectivity index (χ0n) is 24.2. The predicted molar refractivity (Wildman–Crippen MR) is 168 cm³/mol. The van der Waals surface area contributed by atoms with Crippen molar-refractivity contribution in [3.8, 4) is 5.75 Å². The third kappa shape index (κ3) is 9.08. The van der Waals surface area contributed by atoms with Gasteiger partial charge in [0.15, 0.2) is 6.61 Å². The minimum absolute atomic E-state index is 0.196. The van der Waals surface area contributed by atoms with Crippen molar-refractivity contribution in [2.75, 3.05) is 17.5 Å². The Morgan fingerprint density at radius 3 is 2.20 bits per heavy atom. The molecule has 0 radical (unpaired) electrons. The molecule has 0 unspecified atom stereocenters. The van der Waals surface area contributed by atoms with Crippen molar-refractivity contribution < 1.29 is 35.9 Å². The number of rotatable bonds is 12. The van der Waals surface area contributed by atoms with Crippen LogP contribution in [0.3, 0.4) is 0 Å². The second-order valence-corrected chi connectivity index (χ2v) is 12.1.